The van der Waals surface area contributed by atoms with Gasteiger partial charge in [-0.25, -0.2) is 4.79 Å². The van der Waals surface area contributed by atoms with Gasteiger partial charge in [0.15, 0.2) is 6.10 Å². The van der Waals surface area contributed by atoms with Gasteiger partial charge in [0.05, 0.1) is 19.2 Å². The Morgan fingerprint density at radius 1 is 1.30 bits per heavy atom. The number of hydrogen-bond donors (Lipinski definition) is 1. The first-order chi connectivity index (χ1) is 9.60. The number of aliphatic hydroxyl groups is 1. The summed E-state index contributed by atoms with van der Waals surface area (Å²) in [6.45, 7) is 0. The van der Waals surface area contributed by atoms with E-state index < -0.39 is 12.1 Å². The van der Waals surface area contributed by atoms with E-state index in [1.165, 1.54) is 14.2 Å². The second kappa shape index (κ2) is 6.46. The highest BCUT2D eigenvalue weighted by Crippen LogP contribution is 2.40. The van der Waals surface area contributed by atoms with Crippen molar-refractivity contribution in [1.82, 2.24) is 0 Å². The van der Waals surface area contributed by atoms with Gasteiger partial charge in [0.2, 0.25) is 0 Å². The largest absolute Gasteiger partial charge is 0.495 e. The number of ether oxygens (including phenoxy) is 2. The molecule has 1 aliphatic rings. The fourth-order valence-corrected chi connectivity index (χ4v) is 3.09. The molecule has 1 aromatic carbocycles. The minimum atomic E-state index is -1.36. The standard InChI is InChI=1S/C15H19ClO4/c1-19-14-11(16)8-9-6-4-3-5-7-10(9)12(14)13(17)15(18)20-2/h8,13,17H,3-7H2,1-2H3. The number of halogens is 1. The van der Waals surface area contributed by atoms with Crippen LogP contribution in [0.25, 0.3) is 0 Å². The van der Waals surface area contributed by atoms with Gasteiger partial charge in [0.1, 0.15) is 5.75 Å². The highest BCUT2D eigenvalue weighted by Gasteiger charge is 2.29. The van der Waals surface area contributed by atoms with Gasteiger partial charge in [-0.2, -0.15) is 0 Å². The number of rotatable bonds is 3. The van der Waals surface area contributed by atoms with Gasteiger partial charge in [0.25, 0.3) is 0 Å². The van der Waals surface area contributed by atoms with Crippen molar-refractivity contribution in [2.24, 2.45) is 0 Å². The van der Waals surface area contributed by atoms with Crippen LogP contribution in [0.15, 0.2) is 6.07 Å². The van der Waals surface area contributed by atoms with Crippen LogP contribution < -0.4 is 4.74 Å². The van der Waals surface area contributed by atoms with Crippen molar-refractivity contribution in [1.29, 1.82) is 0 Å². The summed E-state index contributed by atoms with van der Waals surface area (Å²) in [4.78, 5) is 11.7. The Labute approximate surface area is 123 Å². The molecule has 1 aromatic rings. The Kier molecular flexibility index (Phi) is 4.89. The van der Waals surface area contributed by atoms with E-state index in [0.29, 0.717) is 16.3 Å². The molecule has 0 saturated carbocycles. The molecule has 2 rings (SSSR count). The maximum atomic E-state index is 11.7. The number of fused-ring (bicyclic) bond motifs is 1. The SMILES string of the molecule is COC(=O)C(O)c1c2c(cc(Cl)c1OC)CCCCC2. The monoisotopic (exact) mass is 298 g/mol. The number of carbonyl (C=O) groups is 1. The third kappa shape index (κ3) is 2.76. The molecule has 0 fully saturated rings. The maximum Gasteiger partial charge on any atom is 0.339 e. The lowest BCUT2D eigenvalue weighted by Crippen LogP contribution is -2.17. The summed E-state index contributed by atoms with van der Waals surface area (Å²) in [7, 11) is 2.74. The van der Waals surface area contributed by atoms with E-state index in [2.05, 4.69) is 4.74 Å². The van der Waals surface area contributed by atoms with E-state index in [0.717, 1.165) is 43.2 Å². The first-order valence-electron chi connectivity index (χ1n) is 6.74. The first kappa shape index (κ1) is 15.1. The molecular formula is C15H19ClO4. The normalized spacial score (nSPS) is 16.0. The van der Waals surface area contributed by atoms with Gasteiger partial charge in [-0.15, -0.1) is 0 Å². The lowest BCUT2D eigenvalue weighted by atomic mass is 9.92. The summed E-state index contributed by atoms with van der Waals surface area (Å²) in [5.41, 5.74) is 2.52. The summed E-state index contributed by atoms with van der Waals surface area (Å²) < 4.78 is 9.94. The summed E-state index contributed by atoms with van der Waals surface area (Å²) in [5, 5.41) is 10.7. The molecule has 0 heterocycles. The van der Waals surface area contributed by atoms with Crippen molar-refractivity contribution in [3.63, 3.8) is 0 Å². The van der Waals surface area contributed by atoms with Crippen LogP contribution in [0.2, 0.25) is 5.02 Å². The summed E-state index contributed by atoms with van der Waals surface area (Å²) in [6.07, 6.45) is 3.59. The van der Waals surface area contributed by atoms with Crippen molar-refractivity contribution in [3.05, 3.63) is 27.8 Å². The molecule has 110 valence electrons. The zero-order valence-electron chi connectivity index (χ0n) is 11.7. The number of methoxy groups -OCH3 is 2. The van der Waals surface area contributed by atoms with Crippen molar-refractivity contribution in [2.75, 3.05) is 14.2 Å². The van der Waals surface area contributed by atoms with E-state index in [-0.39, 0.29) is 0 Å². The Morgan fingerprint density at radius 3 is 2.65 bits per heavy atom. The molecule has 0 spiro atoms. The average molecular weight is 299 g/mol. The van der Waals surface area contributed by atoms with Gasteiger partial charge in [-0.3, -0.25) is 0 Å². The predicted octanol–water partition coefficient (Wildman–Crippen LogP) is 2.82. The lowest BCUT2D eigenvalue weighted by molar-refractivity contribution is -0.150. The van der Waals surface area contributed by atoms with E-state index >= 15 is 0 Å². The third-order valence-electron chi connectivity index (χ3n) is 3.75. The molecule has 5 heteroatoms. The zero-order valence-corrected chi connectivity index (χ0v) is 12.5. The van der Waals surface area contributed by atoms with Gasteiger partial charge in [-0.05, 0) is 42.9 Å². The van der Waals surface area contributed by atoms with Gasteiger partial charge < -0.3 is 14.6 Å². The smallest absolute Gasteiger partial charge is 0.339 e. The van der Waals surface area contributed by atoms with Crippen molar-refractivity contribution in [3.8, 4) is 5.75 Å². The highest BCUT2D eigenvalue weighted by molar-refractivity contribution is 6.32. The van der Waals surface area contributed by atoms with Gasteiger partial charge in [0, 0.05) is 5.56 Å². The number of hydrogen-bond acceptors (Lipinski definition) is 4. The molecule has 1 N–H and O–H groups in total. The molecule has 0 amide bonds. The van der Waals surface area contributed by atoms with Crippen LogP contribution >= 0.6 is 11.6 Å². The number of benzene rings is 1. The quantitative estimate of drug-likeness (QED) is 0.689. The molecule has 4 nitrogen and oxygen atoms in total. The molecule has 1 aliphatic carbocycles. The van der Waals surface area contributed by atoms with E-state index in [1.54, 1.807) is 0 Å². The van der Waals surface area contributed by atoms with Crippen molar-refractivity contribution in [2.45, 2.75) is 38.2 Å². The maximum absolute atomic E-state index is 11.7. The van der Waals surface area contributed by atoms with Crippen LogP contribution in [0.3, 0.4) is 0 Å². The number of aryl methyl sites for hydroxylation is 1. The Bertz CT molecular complexity index is 513. The Balaban J connectivity index is 2.61. The number of aliphatic hydroxyl groups excluding tert-OH is 1. The van der Waals surface area contributed by atoms with Crippen LogP contribution in [-0.2, 0) is 22.4 Å². The molecule has 0 aromatic heterocycles. The second-order valence-corrected chi connectivity index (χ2v) is 5.34. The minimum absolute atomic E-state index is 0.366. The molecule has 20 heavy (non-hydrogen) atoms. The fraction of sp³-hybridized carbons (Fsp3) is 0.533. The van der Waals surface area contributed by atoms with E-state index in [1.807, 2.05) is 6.07 Å². The summed E-state index contributed by atoms with van der Waals surface area (Å²) >= 11 is 6.22. The molecule has 1 atom stereocenters. The number of esters is 1. The zero-order chi connectivity index (χ0) is 14.7. The average Bonchev–Trinajstić information content (AvgIpc) is 2.69. The molecule has 0 saturated heterocycles. The van der Waals surface area contributed by atoms with Crippen LogP contribution in [0.1, 0.15) is 42.1 Å². The topological polar surface area (TPSA) is 55.8 Å². The molecule has 0 radical (unpaired) electrons. The Morgan fingerprint density at radius 2 is 2.00 bits per heavy atom. The van der Waals surface area contributed by atoms with Crippen molar-refractivity contribution >= 4 is 17.6 Å². The first-order valence-corrected chi connectivity index (χ1v) is 7.12. The van der Waals surface area contributed by atoms with Crippen LogP contribution in [0.5, 0.6) is 5.75 Å². The highest BCUT2D eigenvalue weighted by atomic mass is 35.5. The second-order valence-electron chi connectivity index (χ2n) is 4.93. The molecule has 1 unspecified atom stereocenters. The molecule has 0 aliphatic heterocycles. The molecule has 0 bridgehead atoms. The third-order valence-corrected chi connectivity index (χ3v) is 4.03. The van der Waals surface area contributed by atoms with Crippen LogP contribution in [0.4, 0.5) is 0 Å². The van der Waals surface area contributed by atoms with Gasteiger partial charge in [-0.1, -0.05) is 18.0 Å². The predicted molar refractivity (Wildman–Crippen MR) is 76.2 cm³/mol. The van der Waals surface area contributed by atoms with Crippen molar-refractivity contribution < 1.29 is 19.4 Å². The van der Waals surface area contributed by atoms with E-state index in [4.69, 9.17) is 16.3 Å². The summed E-state index contributed by atoms with van der Waals surface area (Å²) in [5.74, 6) is -0.331. The Hall–Kier alpha value is -1.26. The fourth-order valence-electron chi connectivity index (χ4n) is 2.78. The van der Waals surface area contributed by atoms with Crippen LogP contribution in [-0.4, -0.2) is 25.3 Å². The summed E-state index contributed by atoms with van der Waals surface area (Å²) in [6, 6.07) is 1.88. The van der Waals surface area contributed by atoms with Gasteiger partial charge >= 0.3 is 5.97 Å². The van der Waals surface area contributed by atoms with Crippen LogP contribution in [0, 0.1) is 0 Å². The molecular weight excluding hydrogens is 280 g/mol. The lowest BCUT2D eigenvalue weighted by Gasteiger charge is -2.20. The minimum Gasteiger partial charge on any atom is -0.495 e. The number of carbonyl (C=O) groups excluding carboxylic acids is 1. The van der Waals surface area contributed by atoms with E-state index in [9.17, 15) is 9.90 Å².